The average Bonchev–Trinajstić information content (AvgIpc) is 2.39. The summed E-state index contributed by atoms with van der Waals surface area (Å²) in [7, 11) is 0. The van der Waals surface area contributed by atoms with Crippen LogP contribution >= 0.6 is 23.2 Å². The summed E-state index contributed by atoms with van der Waals surface area (Å²) in [4.78, 5) is 7.55. The Labute approximate surface area is 126 Å². The van der Waals surface area contributed by atoms with Gasteiger partial charge in [0.15, 0.2) is 0 Å². The van der Waals surface area contributed by atoms with Gasteiger partial charge in [0.2, 0.25) is 5.60 Å². The van der Waals surface area contributed by atoms with E-state index in [9.17, 15) is 18.3 Å². The molecule has 3 rings (SSSR count). The van der Waals surface area contributed by atoms with E-state index in [2.05, 4.69) is 15.3 Å². The standard InChI is InChI=1S/C12H6Cl2F3N3O/c13-5-1-7-9(18-3-5)20-10-8(2-6(14)4-19-10)11(7,21)12(15,16)17/h1-4,21H,(H,18,19,20). The number of halogens is 5. The fourth-order valence-electron chi connectivity index (χ4n) is 2.19. The van der Waals surface area contributed by atoms with E-state index in [1.165, 1.54) is 12.4 Å². The van der Waals surface area contributed by atoms with Gasteiger partial charge >= 0.3 is 6.18 Å². The van der Waals surface area contributed by atoms with Gasteiger partial charge in [-0.1, -0.05) is 23.2 Å². The number of anilines is 2. The second-order valence-electron chi connectivity index (χ2n) is 4.43. The maximum atomic E-state index is 13.5. The Kier molecular flexibility index (Phi) is 3.05. The van der Waals surface area contributed by atoms with Gasteiger partial charge in [-0.05, 0) is 12.1 Å². The number of hydrogen-bond donors (Lipinski definition) is 2. The molecule has 0 aliphatic carbocycles. The van der Waals surface area contributed by atoms with Gasteiger partial charge in [-0.2, -0.15) is 13.2 Å². The Morgan fingerprint density at radius 3 is 1.81 bits per heavy atom. The van der Waals surface area contributed by atoms with Gasteiger partial charge in [-0.15, -0.1) is 0 Å². The van der Waals surface area contributed by atoms with E-state index >= 15 is 0 Å². The van der Waals surface area contributed by atoms with Crippen LogP contribution < -0.4 is 5.32 Å². The highest BCUT2D eigenvalue weighted by atomic mass is 35.5. The molecule has 0 spiro atoms. The number of aliphatic hydroxyl groups is 1. The molecule has 0 unspecified atom stereocenters. The molecule has 1 aliphatic rings. The normalized spacial score (nSPS) is 15.9. The Hall–Kier alpha value is -1.57. The largest absolute Gasteiger partial charge is 0.426 e. The van der Waals surface area contributed by atoms with Crippen molar-refractivity contribution < 1.29 is 18.3 Å². The molecule has 0 amide bonds. The van der Waals surface area contributed by atoms with E-state index in [-0.39, 0.29) is 21.7 Å². The van der Waals surface area contributed by atoms with Gasteiger partial charge in [0.1, 0.15) is 11.6 Å². The fraction of sp³-hybridized carbons (Fsp3) is 0.167. The van der Waals surface area contributed by atoms with Crippen molar-refractivity contribution in [2.45, 2.75) is 11.8 Å². The van der Waals surface area contributed by atoms with E-state index in [0.29, 0.717) is 0 Å². The molecule has 0 radical (unpaired) electrons. The molecule has 0 saturated carbocycles. The van der Waals surface area contributed by atoms with Gasteiger partial charge in [0, 0.05) is 23.5 Å². The Morgan fingerprint density at radius 1 is 1.00 bits per heavy atom. The average molecular weight is 336 g/mol. The molecule has 2 N–H and O–H groups in total. The minimum absolute atomic E-state index is 0.0309. The van der Waals surface area contributed by atoms with E-state index in [0.717, 1.165) is 12.1 Å². The summed E-state index contributed by atoms with van der Waals surface area (Å²) < 4.78 is 40.6. The van der Waals surface area contributed by atoms with Crippen molar-refractivity contribution in [3.05, 3.63) is 45.7 Å². The quantitative estimate of drug-likeness (QED) is 0.771. The monoisotopic (exact) mass is 335 g/mol. The molecule has 0 bridgehead atoms. The molecule has 1 aliphatic heterocycles. The summed E-state index contributed by atoms with van der Waals surface area (Å²) in [6.07, 6.45) is -2.66. The molecule has 0 atom stereocenters. The number of rotatable bonds is 0. The van der Waals surface area contributed by atoms with Gasteiger partial charge < -0.3 is 10.4 Å². The summed E-state index contributed by atoms with van der Waals surface area (Å²) in [6.45, 7) is 0. The molecular weight excluding hydrogens is 330 g/mol. The summed E-state index contributed by atoms with van der Waals surface area (Å²) in [6, 6.07) is 2.02. The smallest absolute Gasteiger partial charge is 0.372 e. The zero-order valence-electron chi connectivity index (χ0n) is 10.0. The van der Waals surface area contributed by atoms with Crippen LogP contribution in [0.4, 0.5) is 24.8 Å². The predicted octanol–water partition coefficient (Wildman–Crippen LogP) is 3.64. The number of hydrogen-bond acceptors (Lipinski definition) is 4. The molecule has 21 heavy (non-hydrogen) atoms. The number of nitrogens with zero attached hydrogens (tertiary/aromatic N) is 2. The molecule has 4 nitrogen and oxygen atoms in total. The van der Waals surface area contributed by atoms with Gasteiger partial charge in [0.25, 0.3) is 0 Å². The van der Waals surface area contributed by atoms with Gasteiger partial charge in [0.05, 0.1) is 10.0 Å². The second kappa shape index (κ2) is 4.46. The Morgan fingerprint density at radius 2 is 1.43 bits per heavy atom. The molecule has 3 heterocycles. The van der Waals surface area contributed by atoms with Crippen LogP contribution in [0.15, 0.2) is 24.5 Å². The number of nitrogens with one attached hydrogen (secondary N) is 1. The zero-order chi connectivity index (χ0) is 15.4. The predicted molar refractivity (Wildman–Crippen MR) is 70.8 cm³/mol. The lowest BCUT2D eigenvalue weighted by Gasteiger charge is -2.36. The molecule has 9 heteroatoms. The molecule has 0 aromatic carbocycles. The first-order chi connectivity index (χ1) is 9.73. The van der Waals surface area contributed by atoms with E-state index < -0.39 is 22.9 Å². The van der Waals surface area contributed by atoms with Crippen LogP contribution in [0.2, 0.25) is 10.0 Å². The second-order valence-corrected chi connectivity index (χ2v) is 5.31. The zero-order valence-corrected chi connectivity index (χ0v) is 11.6. The third kappa shape index (κ3) is 2.04. The van der Waals surface area contributed by atoms with Gasteiger partial charge in [-0.3, -0.25) is 0 Å². The SMILES string of the molecule is OC1(C(F)(F)F)c2cc(Cl)cnc2Nc2ncc(Cl)cc21. The van der Waals surface area contributed by atoms with Gasteiger partial charge in [-0.25, -0.2) is 9.97 Å². The van der Waals surface area contributed by atoms with Crippen molar-refractivity contribution in [2.75, 3.05) is 5.32 Å². The lowest BCUT2D eigenvalue weighted by Crippen LogP contribution is -2.46. The van der Waals surface area contributed by atoms with Crippen molar-refractivity contribution >= 4 is 34.8 Å². The number of aromatic nitrogens is 2. The summed E-state index contributed by atoms with van der Waals surface area (Å²) >= 11 is 11.4. The highest BCUT2D eigenvalue weighted by Gasteiger charge is 2.60. The summed E-state index contributed by atoms with van der Waals surface area (Å²) in [5, 5.41) is 13.0. The van der Waals surface area contributed by atoms with Crippen LogP contribution in [0.1, 0.15) is 11.1 Å². The Balaban J connectivity index is 2.37. The molecule has 2 aromatic heterocycles. The third-order valence-electron chi connectivity index (χ3n) is 3.14. The molecule has 0 saturated heterocycles. The fourth-order valence-corrected chi connectivity index (χ4v) is 2.51. The van der Waals surface area contributed by atoms with Crippen LogP contribution in [0.5, 0.6) is 0 Å². The first-order valence-corrected chi connectivity index (χ1v) is 6.37. The van der Waals surface area contributed by atoms with Crippen LogP contribution in [-0.4, -0.2) is 21.3 Å². The first-order valence-electron chi connectivity index (χ1n) is 5.61. The number of alkyl halides is 3. The molecular formula is C12H6Cl2F3N3O. The Bertz CT molecular complexity index is 685. The van der Waals surface area contributed by atoms with Crippen LogP contribution in [0.25, 0.3) is 0 Å². The molecule has 2 aromatic rings. The van der Waals surface area contributed by atoms with E-state index in [4.69, 9.17) is 23.2 Å². The summed E-state index contributed by atoms with van der Waals surface area (Å²) in [5.74, 6) is -0.330. The van der Waals surface area contributed by atoms with Crippen molar-refractivity contribution in [1.29, 1.82) is 0 Å². The highest BCUT2D eigenvalue weighted by Crippen LogP contribution is 2.52. The highest BCUT2D eigenvalue weighted by molar-refractivity contribution is 6.31. The molecule has 110 valence electrons. The van der Waals surface area contributed by atoms with Crippen molar-refractivity contribution in [1.82, 2.24) is 9.97 Å². The van der Waals surface area contributed by atoms with Crippen LogP contribution in [0, 0.1) is 0 Å². The topological polar surface area (TPSA) is 58.0 Å². The van der Waals surface area contributed by atoms with Crippen molar-refractivity contribution in [3.8, 4) is 0 Å². The van der Waals surface area contributed by atoms with E-state index in [1.54, 1.807) is 0 Å². The molecule has 0 fully saturated rings. The maximum Gasteiger partial charge on any atom is 0.426 e. The van der Waals surface area contributed by atoms with Crippen molar-refractivity contribution in [3.63, 3.8) is 0 Å². The van der Waals surface area contributed by atoms with Crippen LogP contribution in [-0.2, 0) is 5.60 Å². The number of pyridine rings is 2. The lowest BCUT2D eigenvalue weighted by molar-refractivity contribution is -0.248. The summed E-state index contributed by atoms with van der Waals surface area (Å²) in [5.41, 5.74) is -4.29. The minimum atomic E-state index is -5.00. The minimum Gasteiger partial charge on any atom is -0.372 e. The first kappa shape index (κ1) is 14.4. The van der Waals surface area contributed by atoms with Crippen LogP contribution in [0.3, 0.4) is 0 Å². The van der Waals surface area contributed by atoms with Crippen molar-refractivity contribution in [2.24, 2.45) is 0 Å². The third-order valence-corrected chi connectivity index (χ3v) is 3.55. The van der Waals surface area contributed by atoms with E-state index in [1.807, 2.05) is 0 Å². The number of fused-ring (bicyclic) bond motifs is 2. The maximum absolute atomic E-state index is 13.5. The lowest BCUT2D eigenvalue weighted by atomic mass is 9.84.